The molecule has 0 saturated heterocycles. The molecule has 5 heteroatoms. The standard InChI is InChI=1S/C19H19FN2O2/c1-24-15-8-6-13(7-9-15)10-19(23)16-12-21-22-18(16)11-14-4-2-3-5-17(14)20/h2-9,12,16,19,23H,10-11H2,1H3. The van der Waals surface area contributed by atoms with Crippen LogP contribution in [0.2, 0.25) is 0 Å². The van der Waals surface area contributed by atoms with Crippen LogP contribution in [0.15, 0.2) is 58.7 Å². The predicted molar refractivity (Wildman–Crippen MR) is 92.2 cm³/mol. The van der Waals surface area contributed by atoms with Gasteiger partial charge in [0.05, 0.1) is 24.8 Å². The summed E-state index contributed by atoms with van der Waals surface area (Å²) >= 11 is 0. The Kier molecular flexibility index (Phi) is 5.01. The summed E-state index contributed by atoms with van der Waals surface area (Å²) in [5.41, 5.74) is 2.23. The van der Waals surface area contributed by atoms with Gasteiger partial charge in [-0.2, -0.15) is 10.2 Å². The van der Waals surface area contributed by atoms with Gasteiger partial charge in [0.1, 0.15) is 11.6 Å². The second-order valence-electron chi connectivity index (χ2n) is 5.77. The Balaban J connectivity index is 1.67. The van der Waals surface area contributed by atoms with E-state index in [2.05, 4.69) is 10.2 Å². The fourth-order valence-electron chi connectivity index (χ4n) is 2.77. The number of aliphatic hydroxyl groups excluding tert-OH is 1. The van der Waals surface area contributed by atoms with Crippen molar-refractivity contribution in [3.8, 4) is 5.75 Å². The molecule has 0 amide bonds. The van der Waals surface area contributed by atoms with Crippen LogP contribution in [-0.4, -0.2) is 30.2 Å². The van der Waals surface area contributed by atoms with Gasteiger partial charge in [-0.3, -0.25) is 0 Å². The van der Waals surface area contributed by atoms with Crippen molar-refractivity contribution in [2.75, 3.05) is 7.11 Å². The van der Waals surface area contributed by atoms with Crippen LogP contribution in [0.25, 0.3) is 0 Å². The maximum Gasteiger partial charge on any atom is 0.126 e. The molecule has 0 aromatic heterocycles. The average molecular weight is 326 g/mol. The van der Waals surface area contributed by atoms with E-state index in [0.29, 0.717) is 24.1 Å². The van der Waals surface area contributed by atoms with Crippen LogP contribution in [0.4, 0.5) is 4.39 Å². The molecule has 2 aromatic rings. The van der Waals surface area contributed by atoms with Crippen molar-refractivity contribution >= 4 is 11.9 Å². The molecule has 0 radical (unpaired) electrons. The zero-order valence-electron chi connectivity index (χ0n) is 13.4. The summed E-state index contributed by atoms with van der Waals surface area (Å²) in [6.45, 7) is 0. The molecular weight excluding hydrogens is 307 g/mol. The van der Waals surface area contributed by atoms with Gasteiger partial charge < -0.3 is 9.84 Å². The highest BCUT2D eigenvalue weighted by atomic mass is 19.1. The molecule has 124 valence electrons. The second kappa shape index (κ2) is 7.36. The van der Waals surface area contributed by atoms with Crippen molar-refractivity contribution in [3.05, 3.63) is 65.5 Å². The molecular formula is C19H19FN2O2. The average Bonchev–Trinajstić information content (AvgIpc) is 3.06. The zero-order valence-corrected chi connectivity index (χ0v) is 13.4. The van der Waals surface area contributed by atoms with Gasteiger partial charge in [0, 0.05) is 12.6 Å². The molecule has 4 nitrogen and oxygen atoms in total. The van der Waals surface area contributed by atoms with E-state index >= 15 is 0 Å². The largest absolute Gasteiger partial charge is 0.497 e. The summed E-state index contributed by atoms with van der Waals surface area (Å²) in [6.07, 6.45) is 1.79. The lowest BCUT2D eigenvalue weighted by Gasteiger charge is -2.18. The highest BCUT2D eigenvalue weighted by molar-refractivity contribution is 6.03. The number of hydrogen-bond donors (Lipinski definition) is 1. The van der Waals surface area contributed by atoms with Crippen LogP contribution in [0.3, 0.4) is 0 Å². The molecule has 0 saturated carbocycles. The van der Waals surface area contributed by atoms with E-state index in [1.807, 2.05) is 24.3 Å². The van der Waals surface area contributed by atoms with Gasteiger partial charge in [-0.25, -0.2) is 4.39 Å². The van der Waals surface area contributed by atoms with Crippen molar-refractivity contribution < 1.29 is 14.2 Å². The summed E-state index contributed by atoms with van der Waals surface area (Å²) in [4.78, 5) is 0. The van der Waals surface area contributed by atoms with Crippen LogP contribution >= 0.6 is 0 Å². The highest BCUT2D eigenvalue weighted by Crippen LogP contribution is 2.20. The lowest BCUT2D eigenvalue weighted by Crippen LogP contribution is -2.30. The second-order valence-corrected chi connectivity index (χ2v) is 5.77. The van der Waals surface area contributed by atoms with Gasteiger partial charge in [0.25, 0.3) is 0 Å². The van der Waals surface area contributed by atoms with E-state index in [0.717, 1.165) is 11.3 Å². The smallest absolute Gasteiger partial charge is 0.126 e. The minimum atomic E-state index is -0.657. The molecule has 1 N–H and O–H groups in total. The summed E-state index contributed by atoms with van der Waals surface area (Å²) in [7, 11) is 1.62. The summed E-state index contributed by atoms with van der Waals surface area (Å²) in [5, 5.41) is 18.6. The number of rotatable bonds is 6. The minimum absolute atomic E-state index is 0.268. The van der Waals surface area contributed by atoms with Crippen molar-refractivity contribution in [1.82, 2.24) is 0 Å². The maximum atomic E-state index is 13.8. The molecule has 0 fully saturated rings. The van der Waals surface area contributed by atoms with Gasteiger partial charge in [-0.15, -0.1) is 0 Å². The SMILES string of the molecule is COc1ccc(CC(O)C2C=NN=C2Cc2ccccc2F)cc1. The summed E-state index contributed by atoms with van der Waals surface area (Å²) in [6, 6.07) is 14.2. The molecule has 1 aliphatic rings. The number of hydrogen-bond acceptors (Lipinski definition) is 4. The summed E-state index contributed by atoms with van der Waals surface area (Å²) in [5.74, 6) is 0.208. The Bertz CT molecular complexity index is 756. The van der Waals surface area contributed by atoms with E-state index in [1.165, 1.54) is 6.07 Å². The number of benzene rings is 2. The molecule has 2 aromatic carbocycles. The van der Waals surface area contributed by atoms with Crippen LogP contribution in [0.1, 0.15) is 11.1 Å². The number of methoxy groups -OCH3 is 1. The fraction of sp³-hybridized carbons (Fsp3) is 0.263. The highest BCUT2D eigenvalue weighted by Gasteiger charge is 2.27. The number of aliphatic hydroxyl groups is 1. The molecule has 0 spiro atoms. The lowest BCUT2D eigenvalue weighted by molar-refractivity contribution is 0.164. The quantitative estimate of drug-likeness (QED) is 0.887. The first-order valence-electron chi connectivity index (χ1n) is 7.81. The van der Waals surface area contributed by atoms with Crippen molar-refractivity contribution in [2.24, 2.45) is 16.1 Å². The Morgan fingerprint density at radius 1 is 1.17 bits per heavy atom. The van der Waals surface area contributed by atoms with Crippen LogP contribution in [-0.2, 0) is 12.8 Å². The zero-order chi connectivity index (χ0) is 16.9. The Morgan fingerprint density at radius 2 is 1.92 bits per heavy atom. The Hall–Kier alpha value is -2.53. The monoisotopic (exact) mass is 326 g/mol. The molecule has 2 atom stereocenters. The van der Waals surface area contributed by atoms with Gasteiger partial charge in [0.2, 0.25) is 0 Å². The van der Waals surface area contributed by atoms with Crippen LogP contribution < -0.4 is 4.74 Å². The third-order valence-corrected chi connectivity index (χ3v) is 4.15. The van der Waals surface area contributed by atoms with Crippen LogP contribution in [0.5, 0.6) is 5.75 Å². The third-order valence-electron chi connectivity index (χ3n) is 4.15. The molecule has 1 heterocycles. The van der Waals surface area contributed by atoms with E-state index in [1.54, 1.807) is 31.5 Å². The molecule has 0 bridgehead atoms. The number of ether oxygens (including phenoxy) is 1. The van der Waals surface area contributed by atoms with E-state index in [4.69, 9.17) is 4.74 Å². The van der Waals surface area contributed by atoms with E-state index in [9.17, 15) is 9.50 Å². The first-order chi connectivity index (χ1) is 11.7. The minimum Gasteiger partial charge on any atom is -0.497 e. The topological polar surface area (TPSA) is 54.2 Å². The predicted octanol–water partition coefficient (Wildman–Crippen LogP) is 3.04. The van der Waals surface area contributed by atoms with E-state index in [-0.39, 0.29) is 11.7 Å². The maximum absolute atomic E-state index is 13.8. The van der Waals surface area contributed by atoms with E-state index < -0.39 is 6.10 Å². The van der Waals surface area contributed by atoms with Crippen molar-refractivity contribution in [1.29, 1.82) is 0 Å². The van der Waals surface area contributed by atoms with Gasteiger partial charge in [-0.1, -0.05) is 30.3 Å². The molecule has 2 unspecified atom stereocenters. The van der Waals surface area contributed by atoms with Gasteiger partial charge in [0.15, 0.2) is 0 Å². The molecule has 0 aliphatic carbocycles. The van der Waals surface area contributed by atoms with Gasteiger partial charge >= 0.3 is 0 Å². The van der Waals surface area contributed by atoms with Crippen molar-refractivity contribution in [2.45, 2.75) is 18.9 Å². The first kappa shape index (κ1) is 16.3. The van der Waals surface area contributed by atoms with Crippen LogP contribution in [0, 0.1) is 11.7 Å². The number of nitrogens with zero attached hydrogens (tertiary/aromatic N) is 2. The Labute approximate surface area is 140 Å². The lowest BCUT2D eigenvalue weighted by atomic mass is 9.90. The number of halogens is 1. The Morgan fingerprint density at radius 3 is 2.62 bits per heavy atom. The molecule has 24 heavy (non-hydrogen) atoms. The third kappa shape index (κ3) is 3.68. The summed E-state index contributed by atoms with van der Waals surface area (Å²) < 4.78 is 18.9. The normalized spacial score (nSPS) is 17.6. The molecule has 1 aliphatic heterocycles. The molecule has 3 rings (SSSR count). The van der Waals surface area contributed by atoms with Gasteiger partial charge in [-0.05, 0) is 35.7 Å². The van der Waals surface area contributed by atoms with Crippen molar-refractivity contribution in [3.63, 3.8) is 0 Å². The first-order valence-corrected chi connectivity index (χ1v) is 7.81. The fourth-order valence-corrected chi connectivity index (χ4v) is 2.77.